The largest absolute Gasteiger partial charge is 0.351 e. The van der Waals surface area contributed by atoms with Crippen LogP contribution in [0.15, 0.2) is 18.2 Å². The molecule has 0 unspecified atom stereocenters. The Balaban J connectivity index is 0.00000300. The van der Waals surface area contributed by atoms with Crippen LogP contribution in [-0.2, 0) is 6.42 Å². The molecule has 0 aromatic heterocycles. The van der Waals surface area contributed by atoms with E-state index >= 15 is 0 Å². The van der Waals surface area contributed by atoms with E-state index in [2.05, 4.69) is 16.9 Å². The van der Waals surface area contributed by atoms with Gasteiger partial charge in [0.1, 0.15) is 0 Å². The Kier molecular flexibility index (Phi) is 10.3. The predicted octanol–water partition coefficient (Wildman–Crippen LogP) is 5.95. The van der Waals surface area contributed by atoms with Crippen molar-refractivity contribution in [2.45, 2.75) is 65.2 Å². The zero-order valence-electron chi connectivity index (χ0n) is 17.2. The Morgan fingerprint density at radius 1 is 1.24 bits per heavy atom. The van der Waals surface area contributed by atoms with E-state index in [1.807, 2.05) is 30.0 Å². The van der Waals surface area contributed by atoms with Gasteiger partial charge in [-0.3, -0.25) is 4.79 Å². The fourth-order valence-corrected chi connectivity index (χ4v) is 5.60. The van der Waals surface area contributed by atoms with Gasteiger partial charge in [0.25, 0.3) is 5.91 Å². The lowest BCUT2D eigenvalue weighted by Crippen LogP contribution is -2.43. The van der Waals surface area contributed by atoms with Crippen LogP contribution in [0.2, 0.25) is 5.02 Å². The molecule has 3 nitrogen and oxygen atoms in total. The van der Waals surface area contributed by atoms with Crippen molar-refractivity contribution in [3.8, 4) is 0 Å². The molecule has 0 saturated heterocycles. The van der Waals surface area contributed by atoms with E-state index in [0.29, 0.717) is 16.0 Å². The monoisotopic (exact) mass is 438 g/mol. The normalized spacial score (nSPS) is 23.3. The van der Waals surface area contributed by atoms with Crippen molar-refractivity contribution in [3.63, 3.8) is 0 Å². The molecule has 0 atom stereocenters. The maximum Gasteiger partial charge on any atom is 0.252 e. The van der Waals surface area contributed by atoms with E-state index in [1.165, 1.54) is 50.5 Å². The third-order valence-electron chi connectivity index (χ3n) is 6.56. The van der Waals surface area contributed by atoms with Gasteiger partial charge in [0.2, 0.25) is 0 Å². The van der Waals surface area contributed by atoms with Crippen molar-refractivity contribution in [2.75, 3.05) is 31.6 Å². The first-order valence-corrected chi connectivity index (χ1v) is 12.7. The van der Waals surface area contributed by atoms with Crippen LogP contribution in [0.5, 0.6) is 0 Å². The Labute approximate surface area is 187 Å². The van der Waals surface area contributed by atoms with Gasteiger partial charge >= 0.3 is 0 Å². The van der Waals surface area contributed by atoms with Crippen LogP contribution < -0.4 is 10.6 Å². The predicted molar refractivity (Wildman–Crippen MR) is 128 cm³/mol. The van der Waals surface area contributed by atoms with E-state index in [0.717, 1.165) is 44.1 Å². The van der Waals surface area contributed by atoms with Gasteiger partial charge in [0.15, 0.2) is 0 Å². The molecular weight excluding hydrogens is 400 g/mol. The summed E-state index contributed by atoms with van der Waals surface area (Å²) in [6, 6.07) is 5.91. The molecule has 29 heavy (non-hydrogen) atoms. The van der Waals surface area contributed by atoms with Gasteiger partial charge in [-0.1, -0.05) is 50.8 Å². The van der Waals surface area contributed by atoms with Crippen LogP contribution >= 0.6 is 23.4 Å². The Morgan fingerprint density at radius 2 is 2.00 bits per heavy atom. The molecule has 1 amide bonds. The van der Waals surface area contributed by atoms with Crippen LogP contribution in [0.4, 0.5) is 0 Å². The minimum Gasteiger partial charge on any atom is -0.351 e. The van der Waals surface area contributed by atoms with Crippen molar-refractivity contribution in [1.82, 2.24) is 10.6 Å². The molecular formula is C24H39ClN2OS. The molecule has 2 aliphatic rings. The van der Waals surface area contributed by atoms with Gasteiger partial charge in [0, 0.05) is 18.8 Å². The lowest BCUT2D eigenvalue weighted by Gasteiger charge is -2.45. The van der Waals surface area contributed by atoms with Gasteiger partial charge in [0.05, 0.1) is 10.6 Å². The van der Waals surface area contributed by atoms with Gasteiger partial charge in [-0.25, -0.2) is 0 Å². The Bertz CT molecular complexity index is 642. The average molecular weight is 439 g/mol. The minimum absolute atomic E-state index is 0. The molecule has 2 N–H and O–H groups in total. The number of nitrogens with one attached hydrogen (secondary N) is 2. The minimum atomic E-state index is -0.00739. The number of aryl methyl sites for hydroxylation is 1. The summed E-state index contributed by atoms with van der Waals surface area (Å²) < 4.78 is 0. The number of fused-ring (bicyclic) bond motifs is 2. The molecule has 0 aliphatic heterocycles. The molecule has 0 radical (unpaired) electrons. The number of hydrogen-bond donors (Lipinski definition) is 2. The highest BCUT2D eigenvalue weighted by molar-refractivity contribution is 7.98. The first-order chi connectivity index (χ1) is 13.6. The van der Waals surface area contributed by atoms with Gasteiger partial charge in [-0.2, -0.15) is 11.8 Å². The van der Waals surface area contributed by atoms with Crippen LogP contribution in [0.1, 0.15) is 74.7 Å². The van der Waals surface area contributed by atoms with E-state index in [9.17, 15) is 4.79 Å². The standard InChI is InChI=1S/C23H35ClN2OS.CH4/c1-28-14-13-25-12-4-7-18-8-9-21(24)20(15-18)22(27)26-17-23-10-2-5-19(16-23)6-3-11-23;/h8-9,15,19,25H,2-7,10-14,16-17H2,1H3,(H,26,27);1H4. The smallest absolute Gasteiger partial charge is 0.252 e. The summed E-state index contributed by atoms with van der Waals surface area (Å²) in [5.74, 6) is 2.02. The van der Waals surface area contributed by atoms with Crippen molar-refractivity contribution in [2.24, 2.45) is 11.3 Å². The lowest BCUT2D eigenvalue weighted by molar-refractivity contribution is 0.0682. The molecule has 164 valence electrons. The summed E-state index contributed by atoms with van der Waals surface area (Å²) in [4.78, 5) is 12.9. The average Bonchev–Trinajstić information content (AvgIpc) is 2.70. The third-order valence-corrected chi connectivity index (χ3v) is 7.50. The van der Waals surface area contributed by atoms with E-state index in [1.54, 1.807) is 0 Å². The summed E-state index contributed by atoms with van der Waals surface area (Å²) in [7, 11) is 0. The van der Waals surface area contributed by atoms with E-state index < -0.39 is 0 Å². The maximum absolute atomic E-state index is 12.9. The third kappa shape index (κ3) is 7.18. The number of thioether (sulfide) groups is 1. The number of carbonyl (C=O) groups is 1. The van der Waals surface area contributed by atoms with Crippen LogP contribution in [0.3, 0.4) is 0 Å². The molecule has 1 aromatic rings. The molecule has 0 spiro atoms. The summed E-state index contributed by atoms with van der Waals surface area (Å²) in [5, 5.41) is 7.25. The highest BCUT2D eigenvalue weighted by Crippen LogP contribution is 2.48. The molecule has 5 heteroatoms. The second-order valence-corrected chi connectivity index (χ2v) is 10.1. The summed E-state index contributed by atoms with van der Waals surface area (Å²) >= 11 is 8.22. The Morgan fingerprint density at radius 3 is 2.72 bits per heavy atom. The summed E-state index contributed by atoms with van der Waals surface area (Å²) in [5.41, 5.74) is 2.16. The molecule has 3 rings (SSSR count). The second-order valence-electron chi connectivity index (χ2n) is 8.70. The van der Waals surface area contributed by atoms with Crippen LogP contribution in [0.25, 0.3) is 0 Å². The first-order valence-electron chi connectivity index (χ1n) is 10.9. The molecule has 2 bridgehead atoms. The molecule has 0 heterocycles. The topological polar surface area (TPSA) is 41.1 Å². The van der Waals surface area contributed by atoms with Gasteiger partial charge in [-0.05, 0) is 73.9 Å². The van der Waals surface area contributed by atoms with Crippen molar-refractivity contribution in [3.05, 3.63) is 34.3 Å². The molecule has 2 aliphatic carbocycles. The van der Waals surface area contributed by atoms with Crippen molar-refractivity contribution < 1.29 is 4.79 Å². The first kappa shape index (κ1) is 24.6. The number of benzene rings is 1. The van der Waals surface area contributed by atoms with Gasteiger partial charge in [-0.15, -0.1) is 0 Å². The van der Waals surface area contributed by atoms with E-state index in [-0.39, 0.29) is 13.3 Å². The number of amides is 1. The lowest BCUT2D eigenvalue weighted by atomic mass is 9.62. The summed E-state index contributed by atoms with van der Waals surface area (Å²) in [6.45, 7) is 2.87. The fourth-order valence-electron chi connectivity index (χ4n) is 5.05. The zero-order chi connectivity index (χ0) is 19.8. The van der Waals surface area contributed by atoms with Gasteiger partial charge < -0.3 is 10.6 Å². The van der Waals surface area contributed by atoms with Crippen LogP contribution in [-0.4, -0.2) is 37.6 Å². The van der Waals surface area contributed by atoms with Crippen molar-refractivity contribution in [1.29, 1.82) is 0 Å². The molecule has 2 saturated carbocycles. The number of carbonyl (C=O) groups excluding carboxylic acids is 1. The number of hydrogen-bond acceptors (Lipinski definition) is 3. The quantitative estimate of drug-likeness (QED) is 0.443. The zero-order valence-corrected chi connectivity index (χ0v) is 18.8. The highest BCUT2D eigenvalue weighted by atomic mass is 35.5. The summed E-state index contributed by atoms with van der Waals surface area (Å²) in [6.07, 6.45) is 13.4. The van der Waals surface area contributed by atoms with Crippen molar-refractivity contribution >= 4 is 29.3 Å². The van der Waals surface area contributed by atoms with Crippen LogP contribution in [0, 0.1) is 11.3 Å². The fraction of sp³-hybridized carbons (Fsp3) is 0.708. The number of halogens is 1. The molecule has 2 fully saturated rings. The van der Waals surface area contributed by atoms with E-state index in [4.69, 9.17) is 11.6 Å². The second kappa shape index (κ2) is 12.2. The maximum atomic E-state index is 12.9. The highest BCUT2D eigenvalue weighted by Gasteiger charge is 2.39. The number of rotatable bonds is 10. The molecule has 1 aromatic carbocycles. The Hall–Kier alpha value is -0.710. The SMILES string of the molecule is C.CSCCNCCCc1ccc(Cl)c(C(=O)NCC23CCCC(CCC2)C3)c1.